The maximum atomic E-state index is 10.1. The fourth-order valence-electron chi connectivity index (χ4n) is 1.02. The summed E-state index contributed by atoms with van der Waals surface area (Å²) < 4.78 is 0. The molecule has 0 atom stereocenters. The van der Waals surface area contributed by atoms with E-state index in [4.69, 9.17) is 5.11 Å². The molecule has 2 rings (SSSR count). The van der Waals surface area contributed by atoms with Crippen molar-refractivity contribution in [2.45, 2.75) is 6.92 Å². The lowest BCUT2D eigenvalue weighted by atomic mass is 10.2. The highest BCUT2D eigenvalue weighted by Crippen LogP contribution is 1.92. The van der Waals surface area contributed by atoms with Crippen molar-refractivity contribution in [1.82, 2.24) is 4.98 Å². The summed E-state index contributed by atoms with van der Waals surface area (Å²) in [6, 6.07) is 15.0. The van der Waals surface area contributed by atoms with Crippen LogP contribution >= 0.6 is 0 Å². The third-order valence-corrected chi connectivity index (χ3v) is 1.82. The fraction of sp³-hybridized carbons (Fsp3) is 0.0769. The third kappa shape index (κ3) is 4.37. The molecular weight excluding hydrogens is 202 g/mol. The summed E-state index contributed by atoms with van der Waals surface area (Å²) in [4.78, 5) is 13.7. The van der Waals surface area contributed by atoms with Gasteiger partial charge in [0, 0.05) is 6.20 Å². The Balaban J connectivity index is 0.000000165. The van der Waals surface area contributed by atoms with Crippen molar-refractivity contribution in [3.63, 3.8) is 0 Å². The lowest BCUT2D eigenvalue weighted by Crippen LogP contribution is -1.97. The van der Waals surface area contributed by atoms with Crippen LogP contribution in [-0.2, 0) is 0 Å². The van der Waals surface area contributed by atoms with Gasteiger partial charge in [0.05, 0.1) is 0 Å². The summed E-state index contributed by atoms with van der Waals surface area (Å²) in [6.07, 6.45) is 1.45. The van der Waals surface area contributed by atoms with Gasteiger partial charge in [0.15, 0.2) is 0 Å². The molecule has 1 N–H and O–H groups in total. The predicted octanol–water partition coefficient (Wildman–Crippen LogP) is 2.77. The van der Waals surface area contributed by atoms with Crippen molar-refractivity contribution in [1.29, 1.82) is 0 Å². The summed E-state index contributed by atoms with van der Waals surface area (Å²) in [6.45, 7) is 2.08. The molecule has 0 aliphatic rings. The second kappa shape index (κ2) is 6.35. The zero-order valence-corrected chi connectivity index (χ0v) is 9.00. The summed E-state index contributed by atoms with van der Waals surface area (Å²) in [5.41, 5.74) is 1.40. The van der Waals surface area contributed by atoms with Crippen LogP contribution in [-0.4, -0.2) is 16.1 Å². The second-order valence-electron chi connectivity index (χ2n) is 3.17. The van der Waals surface area contributed by atoms with E-state index in [0.29, 0.717) is 0 Å². The minimum absolute atomic E-state index is 0.0810. The Labute approximate surface area is 94.4 Å². The van der Waals surface area contributed by atoms with Gasteiger partial charge in [-0.3, -0.25) is 0 Å². The van der Waals surface area contributed by atoms with Crippen LogP contribution in [0.3, 0.4) is 0 Å². The number of pyridine rings is 1. The zero-order valence-electron chi connectivity index (χ0n) is 9.00. The summed E-state index contributed by atoms with van der Waals surface area (Å²) >= 11 is 0. The molecule has 1 aromatic carbocycles. The van der Waals surface area contributed by atoms with Gasteiger partial charge in [-0.05, 0) is 19.1 Å². The van der Waals surface area contributed by atoms with Gasteiger partial charge in [0.25, 0.3) is 0 Å². The van der Waals surface area contributed by atoms with Crippen molar-refractivity contribution >= 4 is 5.97 Å². The first kappa shape index (κ1) is 11.9. The average molecular weight is 215 g/mol. The average Bonchev–Trinajstić information content (AvgIpc) is 2.32. The number of aromatic carboxylic acids is 1. The molecule has 0 saturated heterocycles. The van der Waals surface area contributed by atoms with E-state index in [1.165, 1.54) is 17.8 Å². The fourth-order valence-corrected chi connectivity index (χ4v) is 1.02. The summed E-state index contributed by atoms with van der Waals surface area (Å²) in [7, 11) is 0. The topological polar surface area (TPSA) is 50.2 Å². The first-order chi connectivity index (χ1) is 7.70. The molecule has 3 heteroatoms. The molecule has 1 heterocycles. The van der Waals surface area contributed by atoms with Gasteiger partial charge in [0.1, 0.15) is 5.69 Å². The molecular formula is C13H13NO2. The molecule has 3 nitrogen and oxygen atoms in total. The molecule has 0 unspecified atom stereocenters. The van der Waals surface area contributed by atoms with E-state index in [1.54, 1.807) is 12.1 Å². The number of benzene rings is 1. The molecule has 0 saturated carbocycles. The number of hydrogen-bond donors (Lipinski definition) is 1. The Bertz CT molecular complexity index is 426. The molecule has 2 aromatic rings. The van der Waals surface area contributed by atoms with Crippen LogP contribution in [0.4, 0.5) is 0 Å². The quantitative estimate of drug-likeness (QED) is 0.795. The number of carbonyl (C=O) groups is 1. The number of aromatic nitrogens is 1. The van der Waals surface area contributed by atoms with Crippen molar-refractivity contribution in [3.8, 4) is 0 Å². The lowest BCUT2D eigenvalue weighted by molar-refractivity contribution is 0.0690. The number of carboxylic acid groups (broad SMARTS) is 1. The molecule has 0 aliphatic carbocycles. The minimum Gasteiger partial charge on any atom is -0.477 e. The Morgan fingerprint density at radius 2 is 1.69 bits per heavy atom. The molecule has 0 spiro atoms. The van der Waals surface area contributed by atoms with Gasteiger partial charge in [-0.15, -0.1) is 0 Å². The minimum atomic E-state index is -0.990. The largest absolute Gasteiger partial charge is 0.477 e. The molecule has 0 aliphatic heterocycles. The van der Waals surface area contributed by atoms with Crippen molar-refractivity contribution in [2.75, 3.05) is 0 Å². The highest BCUT2D eigenvalue weighted by Gasteiger charge is 1.98. The zero-order chi connectivity index (χ0) is 11.8. The standard InChI is InChI=1S/C7H8.C6H5NO2/c1-7-5-3-2-4-6-7;8-6(9)5-3-1-2-4-7-5/h2-6H,1H3;1-4H,(H,8,9). The summed E-state index contributed by atoms with van der Waals surface area (Å²) in [5, 5.41) is 8.32. The molecule has 0 bridgehead atoms. The van der Waals surface area contributed by atoms with Crippen molar-refractivity contribution in [3.05, 3.63) is 66.0 Å². The van der Waals surface area contributed by atoms with E-state index >= 15 is 0 Å². The molecule has 16 heavy (non-hydrogen) atoms. The number of rotatable bonds is 1. The Morgan fingerprint density at radius 3 is 2.00 bits per heavy atom. The first-order valence-corrected chi connectivity index (χ1v) is 4.86. The molecule has 1 aromatic heterocycles. The SMILES string of the molecule is Cc1ccccc1.O=C(O)c1ccccn1. The van der Waals surface area contributed by atoms with E-state index < -0.39 is 5.97 Å². The second-order valence-corrected chi connectivity index (χ2v) is 3.17. The smallest absolute Gasteiger partial charge is 0.354 e. The molecule has 0 radical (unpaired) electrons. The van der Waals surface area contributed by atoms with Gasteiger partial charge < -0.3 is 5.11 Å². The van der Waals surface area contributed by atoms with Gasteiger partial charge in [-0.1, -0.05) is 42.0 Å². The molecule has 0 fully saturated rings. The van der Waals surface area contributed by atoms with E-state index in [1.807, 2.05) is 18.2 Å². The van der Waals surface area contributed by atoms with Crippen LogP contribution in [0.15, 0.2) is 54.7 Å². The van der Waals surface area contributed by atoms with Gasteiger partial charge in [-0.25, -0.2) is 9.78 Å². The van der Waals surface area contributed by atoms with E-state index in [2.05, 4.69) is 24.0 Å². The number of nitrogens with zero attached hydrogens (tertiary/aromatic N) is 1. The Morgan fingerprint density at radius 1 is 1.06 bits per heavy atom. The monoisotopic (exact) mass is 215 g/mol. The molecule has 0 amide bonds. The van der Waals surface area contributed by atoms with E-state index in [9.17, 15) is 4.79 Å². The maximum Gasteiger partial charge on any atom is 0.354 e. The van der Waals surface area contributed by atoms with Crippen LogP contribution in [0, 0.1) is 6.92 Å². The van der Waals surface area contributed by atoms with Gasteiger partial charge in [0.2, 0.25) is 0 Å². The van der Waals surface area contributed by atoms with Gasteiger partial charge in [-0.2, -0.15) is 0 Å². The Hall–Kier alpha value is -2.16. The van der Waals surface area contributed by atoms with Crippen LogP contribution in [0.25, 0.3) is 0 Å². The van der Waals surface area contributed by atoms with Gasteiger partial charge >= 0.3 is 5.97 Å². The maximum absolute atomic E-state index is 10.1. The summed E-state index contributed by atoms with van der Waals surface area (Å²) in [5.74, 6) is -0.990. The highest BCUT2D eigenvalue weighted by molar-refractivity contribution is 5.85. The molecule has 82 valence electrons. The van der Waals surface area contributed by atoms with Crippen LogP contribution in [0.5, 0.6) is 0 Å². The lowest BCUT2D eigenvalue weighted by Gasteiger charge is -1.87. The Kier molecular flexibility index (Phi) is 4.73. The van der Waals surface area contributed by atoms with E-state index in [-0.39, 0.29) is 5.69 Å². The predicted molar refractivity (Wildman–Crippen MR) is 62.4 cm³/mol. The van der Waals surface area contributed by atoms with Crippen LogP contribution in [0.1, 0.15) is 16.1 Å². The van der Waals surface area contributed by atoms with Crippen molar-refractivity contribution < 1.29 is 9.90 Å². The normalized spacial score (nSPS) is 8.81. The van der Waals surface area contributed by atoms with E-state index in [0.717, 1.165) is 0 Å². The number of aryl methyl sites for hydroxylation is 1. The highest BCUT2D eigenvalue weighted by atomic mass is 16.4. The van der Waals surface area contributed by atoms with Crippen molar-refractivity contribution in [2.24, 2.45) is 0 Å². The number of carboxylic acids is 1. The van der Waals surface area contributed by atoms with Crippen LogP contribution < -0.4 is 0 Å². The number of hydrogen-bond acceptors (Lipinski definition) is 2. The van der Waals surface area contributed by atoms with Crippen LogP contribution in [0.2, 0.25) is 0 Å². The third-order valence-electron chi connectivity index (χ3n) is 1.82. The first-order valence-electron chi connectivity index (χ1n) is 4.86.